The summed E-state index contributed by atoms with van der Waals surface area (Å²) >= 11 is 0. The number of likely N-dealkylation sites (tertiary alicyclic amines) is 1. The Morgan fingerprint density at radius 3 is 2.15 bits per heavy atom. The highest BCUT2D eigenvalue weighted by Gasteiger charge is 2.40. The van der Waals surface area contributed by atoms with Crippen molar-refractivity contribution in [3.8, 4) is 0 Å². The van der Waals surface area contributed by atoms with Gasteiger partial charge in [-0.1, -0.05) is 92.0 Å². The van der Waals surface area contributed by atoms with Crippen LogP contribution in [0, 0.1) is 5.92 Å². The summed E-state index contributed by atoms with van der Waals surface area (Å²) in [5.74, 6) is 0.263. The first-order valence-electron chi connectivity index (χ1n) is 9.79. The Kier molecular flexibility index (Phi) is 6.45. The molecule has 0 aromatic heterocycles. The van der Waals surface area contributed by atoms with Crippen LogP contribution in [-0.4, -0.2) is 22.9 Å². The van der Waals surface area contributed by atoms with Crippen LogP contribution in [0.1, 0.15) is 62.2 Å². The highest BCUT2D eigenvalue weighted by molar-refractivity contribution is 5.88. The average Bonchev–Trinajstić information content (AvgIpc) is 2.70. The van der Waals surface area contributed by atoms with Crippen LogP contribution in [0.2, 0.25) is 0 Å². The van der Waals surface area contributed by atoms with Crippen molar-refractivity contribution < 1.29 is 5.21 Å². The SMILES string of the molecule is CCCCC[C@@H]1/C(=N\O)C[C@@H](c2ccccc2)N(C)[C@@H]1c1ccccc1. The molecular formula is C23H30N2O. The topological polar surface area (TPSA) is 35.8 Å². The summed E-state index contributed by atoms with van der Waals surface area (Å²) in [4.78, 5) is 2.48. The molecule has 26 heavy (non-hydrogen) atoms. The quantitative estimate of drug-likeness (QED) is 0.404. The third kappa shape index (κ3) is 3.99. The fourth-order valence-corrected chi connectivity index (χ4v) is 4.35. The van der Waals surface area contributed by atoms with Crippen LogP contribution in [0.25, 0.3) is 0 Å². The Labute approximate surface area is 157 Å². The van der Waals surface area contributed by atoms with E-state index in [1.165, 1.54) is 30.4 Å². The van der Waals surface area contributed by atoms with Crippen LogP contribution < -0.4 is 0 Å². The zero-order valence-corrected chi connectivity index (χ0v) is 15.9. The van der Waals surface area contributed by atoms with E-state index in [0.717, 1.165) is 18.6 Å². The number of benzene rings is 2. The summed E-state index contributed by atoms with van der Waals surface area (Å²) in [5.41, 5.74) is 3.53. The van der Waals surface area contributed by atoms with Crippen LogP contribution in [0.3, 0.4) is 0 Å². The van der Waals surface area contributed by atoms with Crippen molar-refractivity contribution in [3.63, 3.8) is 0 Å². The molecule has 138 valence electrons. The Morgan fingerprint density at radius 1 is 0.962 bits per heavy atom. The van der Waals surface area contributed by atoms with E-state index in [4.69, 9.17) is 0 Å². The predicted molar refractivity (Wildman–Crippen MR) is 108 cm³/mol. The molecule has 0 spiro atoms. The summed E-state index contributed by atoms with van der Waals surface area (Å²) in [6, 6.07) is 21.7. The van der Waals surface area contributed by atoms with Crippen molar-refractivity contribution in [1.82, 2.24) is 4.90 Å². The summed E-state index contributed by atoms with van der Waals surface area (Å²) in [6.07, 6.45) is 5.46. The van der Waals surface area contributed by atoms with Crippen molar-refractivity contribution >= 4 is 5.71 Å². The van der Waals surface area contributed by atoms with Crippen molar-refractivity contribution in [2.24, 2.45) is 11.1 Å². The van der Waals surface area contributed by atoms with E-state index in [9.17, 15) is 5.21 Å². The average molecular weight is 351 g/mol. The number of nitrogens with zero attached hydrogens (tertiary/aromatic N) is 2. The zero-order chi connectivity index (χ0) is 18.4. The van der Waals surface area contributed by atoms with Gasteiger partial charge in [-0.3, -0.25) is 4.90 Å². The second kappa shape index (κ2) is 9.00. The highest BCUT2D eigenvalue weighted by atomic mass is 16.4. The normalized spacial score (nSPS) is 25.5. The third-order valence-corrected chi connectivity index (χ3v) is 5.71. The number of rotatable bonds is 6. The van der Waals surface area contributed by atoms with Crippen molar-refractivity contribution in [1.29, 1.82) is 0 Å². The molecule has 1 aliphatic heterocycles. The second-order valence-corrected chi connectivity index (χ2v) is 7.35. The monoisotopic (exact) mass is 350 g/mol. The molecule has 1 heterocycles. The minimum atomic E-state index is 0.231. The molecule has 3 rings (SSSR count). The standard InChI is InChI=1S/C23H30N2O/c1-3-4-7-16-20-21(24-26)17-22(18-12-8-5-9-13-18)25(2)23(20)19-14-10-6-11-15-19/h5-6,8-15,20,22-23,26H,3-4,7,16-17H2,1-2H3/b24-21-/t20-,22+,23-/m1/s1. The van der Waals surface area contributed by atoms with E-state index < -0.39 is 0 Å². The van der Waals surface area contributed by atoms with Crippen LogP contribution in [-0.2, 0) is 0 Å². The molecule has 0 unspecified atom stereocenters. The van der Waals surface area contributed by atoms with Crippen molar-refractivity contribution in [2.45, 2.75) is 51.1 Å². The molecular weight excluding hydrogens is 320 g/mol. The van der Waals surface area contributed by atoms with Crippen molar-refractivity contribution in [3.05, 3.63) is 71.8 Å². The maximum absolute atomic E-state index is 9.80. The van der Waals surface area contributed by atoms with Crippen LogP contribution in [0.5, 0.6) is 0 Å². The Bertz CT molecular complexity index is 699. The van der Waals surface area contributed by atoms with Crippen LogP contribution in [0.4, 0.5) is 0 Å². The molecule has 1 saturated heterocycles. The Balaban J connectivity index is 1.97. The van der Waals surface area contributed by atoms with Crippen LogP contribution in [0.15, 0.2) is 65.8 Å². The summed E-state index contributed by atoms with van der Waals surface area (Å²) in [5, 5.41) is 13.6. The maximum atomic E-state index is 9.80. The fraction of sp³-hybridized carbons (Fsp3) is 0.435. The predicted octanol–water partition coefficient (Wildman–Crippen LogP) is 5.83. The van der Waals surface area contributed by atoms with E-state index in [-0.39, 0.29) is 18.0 Å². The lowest BCUT2D eigenvalue weighted by Gasteiger charge is -2.45. The number of unbranched alkanes of at least 4 members (excludes halogenated alkanes) is 2. The largest absolute Gasteiger partial charge is 0.411 e. The minimum absolute atomic E-state index is 0.231. The van der Waals surface area contributed by atoms with Gasteiger partial charge in [0.2, 0.25) is 0 Å². The smallest absolute Gasteiger partial charge is 0.0639 e. The summed E-state index contributed by atoms with van der Waals surface area (Å²) in [6.45, 7) is 2.23. The molecule has 3 nitrogen and oxygen atoms in total. The maximum Gasteiger partial charge on any atom is 0.0639 e. The first-order valence-corrected chi connectivity index (χ1v) is 9.79. The van der Waals surface area contributed by atoms with E-state index in [0.29, 0.717) is 0 Å². The van der Waals surface area contributed by atoms with Gasteiger partial charge in [0.1, 0.15) is 0 Å². The van der Waals surface area contributed by atoms with Gasteiger partial charge in [0, 0.05) is 24.4 Å². The Morgan fingerprint density at radius 2 is 1.58 bits per heavy atom. The van der Waals surface area contributed by atoms with E-state index in [1.54, 1.807) is 0 Å². The summed E-state index contributed by atoms with van der Waals surface area (Å²) in [7, 11) is 2.22. The second-order valence-electron chi connectivity index (χ2n) is 7.35. The highest BCUT2D eigenvalue weighted by Crippen LogP contribution is 2.44. The van der Waals surface area contributed by atoms with Gasteiger partial charge in [0.15, 0.2) is 0 Å². The van der Waals surface area contributed by atoms with Gasteiger partial charge in [-0.15, -0.1) is 0 Å². The van der Waals surface area contributed by atoms with Gasteiger partial charge in [-0.05, 0) is 24.6 Å². The number of piperidine rings is 1. The van der Waals surface area contributed by atoms with Gasteiger partial charge >= 0.3 is 0 Å². The number of oxime groups is 1. The van der Waals surface area contributed by atoms with Gasteiger partial charge in [-0.25, -0.2) is 0 Å². The fourth-order valence-electron chi connectivity index (χ4n) is 4.35. The van der Waals surface area contributed by atoms with E-state index in [2.05, 4.69) is 84.7 Å². The van der Waals surface area contributed by atoms with Crippen LogP contribution >= 0.6 is 0 Å². The molecule has 0 radical (unpaired) electrons. The summed E-state index contributed by atoms with van der Waals surface area (Å²) < 4.78 is 0. The lowest BCUT2D eigenvalue weighted by molar-refractivity contribution is 0.117. The molecule has 1 aliphatic rings. The van der Waals surface area contributed by atoms with E-state index >= 15 is 0 Å². The van der Waals surface area contributed by atoms with Gasteiger partial charge in [0.05, 0.1) is 5.71 Å². The first kappa shape index (κ1) is 18.7. The van der Waals surface area contributed by atoms with E-state index in [1.807, 2.05) is 0 Å². The van der Waals surface area contributed by atoms with Gasteiger partial charge in [-0.2, -0.15) is 0 Å². The van der Waals surface area contributed by atoms with Crippen molar-refractivity contribution in [2.75, 3.05) is 7.05 Å². The molecule has 2 aromatic rings. The molecule has 3 atom stereocenters. The number of hydrogen-bond acceptors (Lipinski definition) is 3. The van der Waals surface area contributed by atoms with Gasteiger partial charge in [0.25, 0.3) is 0 Å². The molecule has 0 saturated carbocycles. The third-order valence-electron chi connectivity index (χ3n) is 5.71. The molecule has 0 aliphatic carbocycles. The molecule has 1 N–H and O–H groups in total. The first-order chi connectivity index (χ1) is 12.8. The van der Waals surface area contributed by atoms with Gasteiger partial charge < -0.3 is 5.21 Å². The zero-order valence-electron chi connectivity index (χ0n) is 15.9. The lowest BCUT2D eigenvalue weighted by atomic mass is 9.76. The Hall–Kier alpha value is -2.13. The molecule has 3 heteroatoms. The lowest BCUT2D eigenvalue weighted by Crippen LogP contribution is -2.43. The minimum Gasteiger partial charge on any atom is -0.411 e. The molecule has 1 fully saturated rings. The molecule has 0 amide bonds. The molecule has 0 bridgehead atoms. The number of hydrogen-bond donors (Lipinski definition) is 1. The molecule has 2 aromatic carbocycles.